The van der Waals surface area contributed by atoms with Gasteiger partial charge in [-0.3, -0.25) is 0 Å². The van der Waals surface area contributed by atoms with Gasteiger partial charge in [-0.1, -0.05) is 51.3 Å². The van der Waals surface area contributed by atoms with Gasteiger partial charge >= 0.3 is 0 Å². The molecule has 0 bridgehead atoms. The Kier molecular flexibility index (Phi) is 5.60. The number of rotatable bonds is 4. The molecule has 1 unspecified atom stereocenters. The monoisotopic (exact) mass is 376 g/mol. The second-order valence-corrected chi connectivity index (χ2v) is 6.78. The van der Waals surface area contributed by atoms with Crippen molar-refractivity contribution in [2.24, 2.45) is 0 Å². The van der Waals surface area contributed by atoms with E-state index in [0.717, 1.165) is 14.9 Å². The molecule has 0 aliphatic heterocycles. The van der Waals surface area contributed by atoms with E-state index in [0.29, 0.717) is 15.8 Å². The van der Waals surface area contributed by atoms with E-state index < -0.39 is 6.10 Å². The summed E-state index contributed by atoms with van der Waals surface area (Å²) in [5.41, 5.74) is 0.775. The van der Waals surface area contributed by atoms with Crippen LogP contribution in [0.4, 0.5) is 0 Å². The molecular weight excluding hydrogens is 367 g/mol. The topological polar surface area (TPSA) is 20.2 Å². The molecule has 19 heavy (non-hydrogen) atoms. The summed E-state index contributed by atoms with van der Waals surface area (Å²) in [6, 6.07) is 13.2. The summed E-state index contributed by atoms with van der Waals surface area (Å²) in [5.74, 6) is 0.564. The van der Waals surface area contributed by atoms with Gasteiger partial charge < -0.3 is 5.11 Å². The number of benzene rings is 2. The zero-order chi connectivity index (χ0) is 13.8. The predicted octanol–water partition coefficient (Wildman–Crippen LogP) is 5.58. The number of hydrogen-bond acceptors (Lipinski definition) is 2. The van der Waals surface area contributed by atoms with Crippen LogP contribution in [0.5, 0.6) is 0 Å². The van der Waals surface area contributed by atoms with Gasteiger partial charge in [-0.2, -0.15) is 0 Å². The normalized spacial score (nSPS) is 12.4. The lowest BCUT2D eigenvalue weighted by Gasteiger charge is -2.11. The van der Waals surface area contributed by atoms with Gasteiger partial charge in [0.05, 0.1) is 16.1 Å². The Hall–Kier alpha value is -0.190. The van der Waals surface area contributed by atoms with E-state index in [1.807, 2.05) is 24.3 Å². The Morgan fingerprint density at radius 3 is 2.58 bits per heavy atom. The average molecular weight is 378 g/mol. The highest BCUT2D eigenvalue weighted by Crippen LogP contribution is 2.30. The van der Waals surface area contributed by atoms with Crippen molar-refractivity contribution in [2.75, 3.05) is 5.75 Å². The van der Waals surface area contributed by atoms with Gasteiger partial charge in [-0.15, -0.1) is 11.8 Å². The summed E-state index contributed by atoms with van der Waals surface area (Å²) in [4.78, 5) is 1.11. The highest BCUT2D eigenvalue weighted by atomic mass is 79.9. The first kappa shape index (κ1) is 15.2. The van der Waals surface area contributed by atoms with Crippen LogP contribution >= 0.6 is 50.9 Å². The van der Waals surface area contributed by atoms with Crippen LogP contribution in [-0.4, -0.2) is 10.9 Å². The summed E-state index contributed by atoms with van der Waals surface area (Å²) in [6.07, 6.45) is -0.571. The Morgan fingerprint density at radius 1 is 1.11 bits per heavy atom. The van der Waals surface area contributed by atoms with Crippen LogP contribution in [-0.2, 0) is 0 Å². The molecular formula is C14H11BrCl2OS. The van der Waals surface area contributed by atoms with Crippen LogP contribution < -0.4 is 0 Å². The Bertz CT molecular complexity index is 577. The summed E-state index contributed by atoms with van der Waals surface area (Å²) in [7, 11) is 0. The number of aliphatic hydroxyl groups is 1. The third kappa shape index (κ3) is 4.40. The summed E-state index contributed by atoms with van der Waals surface area (Å²) in [5, 5.41) is 11.1. The maximum atomic E-state index is 10.1. The third-order valence-corrected chi connectivity index (χ3v) is 4.83. The van der Waals surface area contributed by atoms with E-state index in [9.17, 15) is 5.11 Å². The Labute approximate surface area is 135 Å². The van der Waals surface area contributed by atoms with Crippen molar-refractivity contribution in [3.05, 3.63) is 62.5 Å². The molecule has 1 nitrogen and oxygen atoms in total. The Morgan fingerprint density at radius 2 is 1.89 bits per heavy atom. The van der Waals surface area contributed by atoms with Crippen LogP contribution in [0.3, 0.4) is 0 Å². The van der Waals surface area contributed by atoms with Gasteiger partial charge in [-0.25, -0.2) is 0 Å². The standard InChI is InChI=1S/C14H11BrCl2OS/c15-10-2-1-3-11(7-10)19-8-14(18)9-4-5-12(16)13(17)6-9/h1-7,14,18H,8H2. The SMILES string of the molecule is OC(CSc1cccc(Br)c1)c1ccc(Cl)c(Cl)c1. The highest BCUT2D eigenvalue weighted by molar-refractivity contribution is 9.10. The van der Waals surface area contributed by atoms with Crippen LogP contribution in [0, 0.1) is 0 Å². The molecule has 0 aliphatic rings. The first-order valence-corrected chi connectivity index (χ1v) is 8.11. The zero-order valence-electron chi connectivity index (χ0n) is 9.82. The largest absolute Gasteiger partial charge is 0.388 e. The highest BCUT2D eigenvalue weighted by Gasteiger charge is 2.10. The number of halogens is 3. The minimum Gasteiger partial charge on any atom is -0.388 e. The van der Waals surface area contributed by atoms with Gasteiger partial charge in [0.1, 0.15) is 0 Å². The summed E-state index contributed by atoms with van der Waals surface area (Å²) >= 11 is 16.8. The van der Waals surface area contributed by atoms with Crippen LogP contribution in [0.15, 0.2) is 51.8 Å². The maximum Gasteiger partial charge on any atom is 0.0884 e. The van der Waals surface area contributed by atoms with Gasteiger partial charge in [-0.05, 0) is 35.9 Å². The minimum absolute atomic E-state index is 0.464. The van der Waals surface area contributed by atoms with Crippen LogP contribution in [0.25, 0.3) is 0 Å². The van der Waals surface area contributed by atoms with E-state index in [1.54, 1.807) is 30.0 Å². The van der Waals surface area contributed by atoms with Crippen molar-refractivity contribution in [3.63, 3.8) is 0 Å². The number of aliphatic hydroxyl groups excluding tert-OH is 1. The van der Waals surface area contributed by atoms with E-state index in [4.69, 9.17) is 23.2 Å². The van der Waals surface area contributed by atoms with Gasteiger partial charge in [0, 0.05) is 15.1 Å². The van der Waals surface area contributed by atoms with Crippen LogP contribution in [0.2, 0.25) is 10.0 Å². The lowest BCUT2D eigenvalue weighted by atomic mass is 10.1. The first-order chi connectivity index (χ1) is 9.06. The van der Waals surface area contributed by atoms with Crippen molar-refractivity contribution in [1.82, 2.24) is 0 Å². The smallest absolute Gasteiger partial charge is 0.0884 e. The second kappa shape index (κ2) is 7.00. The van der Waals surface area contributed by atoms with Crippen molar-refractivity contribution < 1.29 is 5.11 Å². The molecule has 1 N–H and O–H groups in total. The molecule has 0 aliphatic carbocycles. The molecule has 0 heterocycles. The third-order valence-electron chi connectivity index (χ3n) is 2.53. The molecule has 0 spiro atoms. The summed E-state index contributed by atoms with van der Waals surface area (Å²) < 4.78 is 1.03. The fourth-order valence-corrected chi connectivity index (χ4v) is 3.33. The molecule has 2 aromatic rings. The van der Waals surface area contributed by atoms with E-state index in [1.165, 1.54) is 0 Å². The van der Waals surface area contributed by atoms with Crippen molar-refractivity contribution in [2.45, 2.75) is 11.0 Å². The molecule has 0 saturated carbocycles. The molecule has 1 atom stereocenters. The molecule has 2 rings (SSSR count). The molecule has 5 heteroatoms. The zero-order valence-corrected chi connectivity index (χ0v) is 13.7. The van der Waals surface area contributed by atoms with E-state index in [2.05, 4.69) is 15.9 Å². The predicted molar refractivity (Wildman–Crippen MR) is 86.3 cm³/mol. The fraction of sp³-hybridized carbons (Fsp3) is 0.143. The van der Waals surface area contributed by atoms with E-state index in [-0.39, 0.29) is 0 Å². The molecule has 100 valence electrons. The summed E-state index contributed by atoms with van der Waals surface area (Å²) in [6.45, 7) is 0. The number of thioether (sulfide) groups is 1. The van der Waals surface area contributed by atoms with Gasteiger partial charge in [0.15, 0.2) is 0 Å². The van der Waals surface area contributed by atoms with Gasteiger partial charge in [0.2, 0.25) is 0 Å². The maximum absolute atomic E-state index is 10.1. The molecule has 0 radical (unpaired) electrons. The van der Waals surface area contributed by atoms with Crippen molar-refractivity contribution in [1.29, 1.82) is 0 Å². The fourth-order valence-electron chi connectivity index (χ4n) is 1.55. The lowest BCUT2D eigenvalue weighted by Crippen LogP contribution is -2.00. The lowest BCUT2D eigenvalue weighted by molar-refractivity contribution is 0.204. The van der Waals surface area contributed by atoms with Gasteiger partial charge in [0.25, 0.3) is 0 Å². The second-order valence-electron chi connectivity index (χ2n) is 3.96. The van der Waals surface area contributed by atoms with E-state index >= 15 is 0 Å². The Balaban J connectivity index is 2.01. The minimum atomic E-state index is -0.571. The van der Waals surface area contributed by atoms with Crippen LogP contribution in [0.1, 0.15) is 11.7 Å². The molecule has 0 fully saturated rings. The number of hydrogen-bond donors (Lipinski definition) is 1. The average Bonchev–Trinajstić information content (AvgIpc) is 2.39. The molecule has 2 aromatic carbocycles. The first-order valence-electron chi connectivity index (χ1n) is 5.57. The molecule has 0 saturated heterocycles. The van der Waals surface area contributed by atoms with Crippen molar-refractivity contribution in [3.8, 4) is 0 Å². The molecule has 0 amide bonds. The quantitative estimate of drug-likeness (QED) is 0.701. The molecule has 0 aromatic heterocycles. The van der Waals surface area contributed by atoms with Crippen molar-refractivity contribution >= 4 is 50.9 Å².